The number of fused-ring (bicyclic) bond motifs is 1. The van der Waals surface area contributed by atoms with Gasteiger partial charge in [-0.05, 0) is 43.0 Å². The maximum Gasteiger partial charge on any atom is 0.187 e. The van der Waals surface area contributed by atoms with Gasteiger partial charge in [-0.3, -0.25) is 0 Å². The number of benzene rings is 2. The Morgan fingerprint density at radius 3 is 2.29 bits per heavy atom. The van der Waals surface area contributed by atoms with Gasteiger partial charge in [0, 0.05) is 38.7 Å². The topological polar surface area (TPSA) is 71.9 Å². The molecule has 1 saturated heterocycles. The molecule has 1 aromatic heterocycles. The van der Waals surface area contributed by atoms with Gasteiger partial charge in [-0.2, -0.15) is 0 Å². The molecule has 0 spiro atoms. The number of rotatable bonds is 7. The van der Waals surface area contributed by atoms with E-state index < -0.39 is 6.29 Å². The van der Waals surface area contributed by atoms with Gasteiger partial charge < -0.3 is 23.7 Å². The first-order valence-corrected chi connectivity index (χ1v) is 12.0. The Balaban J connectivity index is 1.31. The van der Waals surface area contributed by atoms with Gasteiger partial charge in [-0.1, -0.05) is 42.5 Å². The van der Waals surface area contributed by atoms with E-state index in [-0.39, 0.29) is 30.5 Å². The smallest absolute Gasteiger partial charge is 0.187 e. The van der Waals surface area contributed by atoms with Crippen LogP contribution in [0.4, 0.5) is 0 Å². The molecule has 2 aromatic carbocycles. The Labute approximate surface area is 206 Å². The van der Waals surface area contributed by atoms with Crippen molar-refractivity contribution in [2.24, 2.45) is 0 Å². The lowest BCUT2D eigenvalue weighted by molar-refractivity contribution is -0.314. The minimum absolute atomic E-state index is 0.00280. The summed E-state index contributed by atoms with van der Waals surface area (Å²) in [5, 5.41) is 0. The van der Waals surface area contributed by atoms with E-state index in [4.69, 9.17) is 28.7 Å². The van der Waals surface area contributed by atoms with Crippen molar-refractivity contribution in [2.45, 2.75) is 56.6 Å². The zero-order chi connectivity index (χ0) is 24.4. The Morgan fingerprint density at radius 1 is 0.800 bits per heavy atom. The van der Waals surface area contributed by atoms with E-state index in [0.29, 0.717) is 0 Å². The Morgan fingerprint density at radius 2 is 1.54 bits per heavy atom. The molecule has 2 heterocycles. The molecule has 184 valence electrons. The highest BCUT2D eigenvalue weighted by atomic mass is 16.7. The number of methoxy groups -OCH3 is 3. The molecule has 1 fully saturated rings. The monoisotopic (exact) mass is 476 g/mol. The SMILES string of the molecule is COC1C(C)OC(OC2Cc3ccc(-c4ccnc(-c5ccccc5)n4)cc3C2)C(OC)C1OC. The summed E-state index contributed by atoms with van der Waals surface area (Å²) in [7, 11) is 4.98. The minimum atomic E-state index is -0.527. The maximum atomic E-state index is 6.45. The van der Waals surface area contributed by atoms with Crippen LogP contribution in [0.1, 0.15) is 18.1 Å². The molecule has 1 aliphatic carbocycles. The van der Waals surface area contributed by atoms with Crippen LogP contribution < -0.4 is 0 Å². The van der Waals surface area contributed by atoms with Crippen molar-refractivity contribution in [1.82, 2.24) is 9.97 Å². The summed E-state index contributed by atoms with van der Waals surface area (Å²) in [6, 6.07) is 18.5. The van der Waals surface area contributed by atoms with Gasteiger partial charge in [0.15, 0.2) is 12.1 Å². The standard InChI is InChI=1S/C28H32N2O5/c1-17-24(31-2)25(32-3)26(33-4)28(34-17)35-22-15-19-10-11-20(14-21(19)16-22)23-12-13-29-27(30-23)18-8-6-5-7-9-18/h5-14,17,22,24-26,28H,15-16H2,1-4H3. The normalized spacial score (nSPS) is 28.1. The van der Waals surface area contributed by atoms with Crippen molar-refractivity contribution in [3.05, 3.63) is 71.9 Å². The molecular formula is C28H32N2O5. The van der Waals surface area contributed by atoms with Crippen LogP contribution in [0.25, 0.3) is 22.6 Å². The molecule has 6 unspecified atom stereocenters. The van der Waals surface area contributed by atoms with E-state index in [0.717, 1.165) is 35.5 Å². The van der Waals surface area contributed by atoms with Crippen LogP contribution in [-0.2, 0) is 36.5 Å². The third-order valence-electron chi connectivity index (χ3n) is 6.96. The van der Waals surface area contributed by atoms with Crippen molar-refractivity contribution in [2.75, 3.05) is 21.3 Å². The van der Waals surface area contributed by atoms with Crippen LogP contribution in [0.3, 0.4) is 0 Å². The lowest BCUT2D eigenvalue weighted by Crippen LogP contribution is -2.59. The van der Waals surface area contributed by atoms with Gasteiger partial charge >= 0.3 is 0 Å². The molecule has 1 aliphatic heterocycles. The molecule has 0 N–H and O–H groups in total. The maximum absolute atomic E-state index is 6.45. The highest BCUT2D eigenvalue weighted by molar-refractivity contribution is 5.65. The lowest BCUT2D eigenvalue weighted by Gasteiger charge is -2.44. The highest BCUT2D eigenvalue weighted by Crippen LogP contribution is 2.33. The Bertz CT molecular complexity index is 1140. The number of hydrogen-bond donors (Lipinski definition) is 0. The molecule has 5 rings (SSSR count). The van der Waals surface area contributed by atoms with Crippen LogP contribution >= 0.6 is 0 Å². The largest absolute Gasteiger partial charge is 0.376 e. The van der Waals surface area contributed by atoms with Gasteiger partial charge in [-0.15, -0.1) is 0 Å². The van der Waals surface area contributed by atoms with Crippen LogP contribution in [0, 0.1) is 0 Å². The molecule has 35 heavy (non-hydrogen) atoms. The average Bonchev–Trinajstić information content (AvgIpc) is 3.30. The third kappa shape index (κ3) is 4.87. The fourth-order valence-corrected chi connectivity index (χ4v) is 5.19. The van der Waals surface area contributed by atoms with Crippen molar-refractivity contribution in [1.29, 1.82) is 0 Å². The summed E-state index contributed by atoms with van der Waals surface area (Å²) < 4.78 is 29.7. The summed E-state index contributed by atoms with van der Waals surface area (Å²) in [5.41, 5.74) is 5.53. The number of hydrogen-bond acceptors (Lipinski definition) is 7. The van der Waals surface area contributed by atoms with E-state index in [9.17, 15) is 0 Å². The van der Waals surface area contributed by atoms with Gasteiger partial charge in [0.2, 0.25) is 0 Å². The first-order valence-electron chi connectivity index (χ1n) is 12.0. The van der Waals surface area contributed by atoms with Crippen LogP contribution in [0.2, 0.25) is 0 Å². The summed E-state index contributed by atoms with van der Waals surface area (Å²) in [5.74, 6) is 0.723. The molecule has 0 saturated carbocycles. The fourth-order valence-electron chi connectivity index (χ4n) is 5.19. The summed E-state index contributed by atoms with van der Waals surface area (Å²) in [4.78, 5) is 9.26. The third-order valence-corrected chi connectivity index (χ3v) is 6.96. The molecule has 0 radical (unpaired) electrons. The summed E-state index contributed by atoms with van der Waals surface area (Å²) >= 11 is 0. The molecule has 0 bridgehead atoms. The van der Waals surface area contributed by atoms with Crippen LogP contribution in [0.5, 0.6) is 0 Å². The molecule has 7 nitrogen and oxygen atoms in total. The van der Waals surface area contributed by atoms with Gasteiger partial charge in [-0.25, -0.2) is 9.97 Å². The second-order valence-corrected chi connectivity index (χ2v) is 9.09. The Kier molecular flexibility index (Phi) is 7.22. The van der Waals surface area contributed by atoms with Gasteiger partial charge in [0.25, 0.3) is 0 Å². The fraction of sp³-hybridized carbons (Fsp3) is 0.429. The van der Waals surface area contributed by atoms with E-state index in [1.54, 1.807) is 21.3 Å². The molecule has 2 aliphatic rings. The quantitative estimate of drug-likeness (QED) is 0.509. The first-order chi connectivity index (χ1) is 17.1. The molecule has 0 amide bonds. The van der Waals surface area contributed by atoms with Crippen molar-refractivity contribution in [3.8, 4) is 22.6 Å². The zero-order valence-electron chi connectivity index (χ0n) is 20.6. The van der Waals surface area contributed by atoms with E-state index >= 15 is 0 Å². The molecule has 3 aromatic rings. The summed E-state index contributed by atoms with van der Waals surface area (Å²) in [6.07, 6.45) is 1.87. The van der Waals surface area contributed by atoms with E-state index in [2.05, 4.69) is 23.2 Å². The second-order valence-electron chi connectivity index (χ2n) is 9.09. The zero-order valence-corrected chi connectivity index (χ0v) is 20.6. The van der Waals surface area contributed by atoms with Gasteiger partial charge in [0.05, 0.1) is 17.9 Å². The number of aromatic nitrogens is 2. The Hall–Kier alpha value is -2.68. The summed E-state index contributed by atoms with van der Waals surface area (Å²) in [6.45, 7) is 1.98. The average molecular weight is 477 g/mol. The highest BCUT2D eigenvalue weighted by Gasteiger charge is 2.47. The minimum Gasteiger partial charge on any atom is -0.376 e. The number of ether oxygens (including phenoxy) is 5. The van der Waals surface area contributed by atoms with Crippen molar-refractivity contribution >= 4 is 0 Å². The predicted octanol–water partition coefficient (Wildman–Crippen LogP) is 4.08. The van der Waals surface area contributed by atoms with Crippen molar-refractivity contribution < 1.29 is 23.7 Å². The van der Waals surface area contributed by atoms with E-state index in [1.165, 1.54) is 11.1 Å². The van der Waals surface area contributed by atoms with Gasteiger partial charge in [0.1, 0.15) is 18.3 Å². The molecular weight excluding hydrogens is 444 g/mol. The van der Waals surface area contributed by atoms with E-state index in [1.807, 2.05) is 49.5 Å². The predicted molar refractivity (Wildman–Crippen MR) is 132 cm³/mol. The van der Waals surface area contributed by atoms with Crippen LogP contribution in [-0.4, -0.2) is 68.1 Å². The molecule has 7 heteroatoms. The second kappa shape index (κ2) is 10.5. The van der Waals surface area contributed by atoms with Crippen LogP contribution in [0.15, 0.2) is 60.8 Å². The first kappa shape index (κ1) is 24.0. The lowest BCUT2D eigenvalue weighted by atomic mass is 9.99. The number of nitrogens with zero attached hydrogens (tertiary/aromatic N) is 2. The molecule has 6 atom stereocenters. The van der Waals surface area contributed by atoms with Crippen molar-refractivity contribution in [3.63, 3.8) is 0 Å².